The topological polar surface area (TPSA) is 36.9 Å². The van der Waals surface area contributed by atoms with E-state index in [-0.39, 0.29) is 30.5 Å². The molecule has 1 aliphatic rings. The van der Waals surface area contributed by atoms with Gasteiger partial charge in [-0.15, -0.1) is 6.58 Å². The second-order valence-electron chi connectivity index (χ2n) is 4.03. The standard InChI is InChI=1S/C12H22O4/c1-6-7-15-12-10(13-4)8(2)16-9(3)11(12)14-5/h6,8-12H,1,7H2,2-5H3/t8-,9?,10?,11-,12?/m0/s1. The zero-order valence-electron chi connectivity index (χ0n) is 10.5. The fourth-order valence-corrected chi connectivity index (χ4v) is 2.23. The Balaban J connectivity index is 2.76. The Labute approximate surface area is 97.5 Å². The van der Waals surface area contributed by atoms with Crippen molar-refractivity contribution in [3.63, 3.8) is 0 Å². The molecule has 0 spiro atoms. The Bertz CT molecular complexity index is 203. The van der Waals surface area contributed by atoms with E-state index in [0.29, 0.717) is 6.61 Å². The fraction of sp³-hybridized carbons (Fsp3) is 0.833. The first-order valence-corrected chi connectivity index (χ1v) is 5.59. The predicted molar refractivity (Wildman–Crippen MR) is 61.5 cm³/mol. The summed E-state index contributed by atoms with van der Waals surface area (Å²) >= 11 is 0. The van der Waals surface area contributed by atoms with Gasteiger partial charge in [0.15, 0.2) is 0 Å². The van der Waals surface area contributed by atoms with Crippen LogP contribution >= 0.6 is 0 Å². The van der Waals surface area contributed by atoms with Gasteiger partial charge in [-0.05, 0) is 13.8 Å². The summed E-state index contributed by atoms with van der Waals surface area (Å²) < 4.78 is 22.3. The average Bonchev–Trinajstić information content (AvgIpc) is 2.26. The molecule has 0 aliphatic carbocycles. The molecular weight excluding hydrogens is 208 g/mol. The highest BCUT2D eigenvalue weighted by Gasteiger charge is 2.43. The summed E-state index contributed by atoms with van der Waals surface area (Å²) in [5, 5.41) is 0. The molecule has 0 aromatic rings. The third-order valence-corrected chi connectivity index (χ3v) is 2.95. The molecule has 4 nitrogen and oxygen atoms in total. The van der Waals surface area contributed by atoms with Crippen LogP contribution in [0.3, 0.4) is 0 Å². The molecular formula is C12H22O4. The lowest BCUT2D eigenvalue weighted by atomic mass is 9.96. The molecule has 0 N–H and O–H groups in total. The highest BCUT2D eigenvalue weighted by Crippen LogP contribution is 2.26. The lowest BCUT2D eigenvalue weighted by molar-refractivity contribution is -0.237. The second-order valence-corrected chi connectivity index (χ2v) is 4.03. The van der Waals surface area contributed by atoms with Crippen molar-refractivity contribution in [2.45, 2.75) is 44.4 Å². The van der Waals surface area contributed by atoms with Gasteiger partial charge in [-0.2, -0.15) is 0 Å². The predicted octanol–water partition coefficient (Wildman–Crippen LogP) is 1.39. The largest absolute Gasteiger partial charge is 0.376 e. The van der Waals surface area contributed by atoms with E-state index < -0.39 is 0 Å². The Kier molecular flexibility index (Phi) is 5.41. The van der Waals surface area contributed by atoms with Gasteiger partial charge in [0, 0.05) is 14.2 Å². The molecule has 1 heterocycles. The van der Waals surface area contributed by atoms with Gasteiger partial charge in [0.25, 0.3) is 0 Å². The molecule has 0 aromatic carbocycles. The quantitative estimate of drug-likeness (QED) is 0.669. The fourth-order valence-electron chi connectivity index (χ4n) is 2.23. The van der Waals surface area contributed by atoms with Gasteiger partial charge in [-0.3, -0.25) is 0 Å². The maximum absolute atomic E-state index is 5.75. The van der Waals surface area contributed by atoms with Crippen LogP contribution in [0.25, 0.3) is 0 Å². The van der Waals surface area contributed by atoms with E-state index >= 15 is 0 Å². The van der Waals surface area contributed by atoms with E-state index in [1.54, 1.807) is 20.3 Å². The highest BCUT2D eigenvalue weighted by atomic mass is 16.6. The smallest absolute Gasteiger partial charge is 0.115 e. The van der Waals surface area contributed by atoms with Crippen molar-refractivity contribution in [2.75, 3.05) is 20.8 Å². The summed E-state index contributed by atoms with van der Waals surface area (Å²) in [5.74, 6) is 0. The molecule has 0 bridgehead atoms. The molecule has 16 heavy (non-hydrogen) atoms. The third-order valence-electron chi connectivity index (χ3n) is 2.95. The van der Waals surface area contributed by atoms with Gasteiger partial charge in [0.2, 0.25) is 0 Å². The summed E-state index contributed by atoms with van der Waals surface area (Å²) in [6.45, 7) is 8.11. The minimum atomic E-state index is -0.119. The molecule has 3 unspecified atom stereocenters. The first-order chi connectivity index (χ1) is 7.65. The Morgan fingerprint density at radius 3 is 1.94 bits per heavy atom. The van der Waals surface area contributed by atoms with E-state index in [4.69, 9.17) is 18.9 Å². The molecule has 0 aromatic heterocycles. The van der Waals surface area contributed by atoms with Crippen LogP contribution in [-0.2, 0) is 18.9 Å². The van der Waals surface area contributed by atoms with Crippen molar-refractivity contribution in [3.05, 3.63) is 12.7 Å². The monoisotopic (exact) mass is 230 g/mol. The molecule has 1 rings (SSSR count). The first-order valence-electron chi connectivity index (χ1n) is 5.59. The van der Waals surface area contributed by atoms with Gasteiger partial charge < -0.3 is 18.9 Å². The molecule has 1 aliphatic heterocycles. The lowest BCUT2D eigenvalue weighted by Crippen LogP contribution is -2.58. The maximum Gasteiger partial charge on any atom is 0.115 e. The van der Waals surface area contributed by atoms with Crippen molar-refractivity contribution in [2.24, 2.45) is 0 Å². The van der Waals surface area contributed by atoms with Crippen LogP contribution in [0.2, 0.25) is 0 Å². The summed E-state index contributed by atoms with van der Waals surface area (Å²) in [5.41, 5.74) is 0. The first kappa shape index (κ1) is 13.6. The van der Waals surface area contributed by atoms with Crippen LogP contribution in [0.15, 0.2) is 12.7 Å². The van der Waals surface area contributed by atoms with E-state index in [1.165, 1.54) is 0 Å². The Morgan fingerprint density at radius 2 is 1.56 bits per heavy atom. The van der Waals surface area contributed by atoms with E-state index in [9.17, 15) is 0 Å². The zero-order valence-corrected chi connectivity index (χ0v) is 10.5. The molecule has 1 saturated heterocycles. The number of rotatable bonds is 5. The van der Waals surface area contributed by atoms with E-state index in [1.807, 2.05) is 13.8 Å². The summed E-state index contributed by atoms with van der Waals surface area (Å²) in [6.07, 6.45) is 1.39. The molecule has 0 saturated carbocycles. The molecule has 5 atom stereocenters. The minimum Gasteiger partial charge on any atom is -0.376 e. The van der Waals surface area contributed by atoms with Crippen molar-refractivity contribution < 1.29 is 18.9 Å². The van der Waals surface area contributed by atoms with Crippen molar-refractivity contribution >= 4 is 0 Å². The van der Waals surface area contributed by atoms with E-state index in [2.05, 4.69) is 6.58 Å². The van der Waals surface area contributed by atoms with Crippen LogP contribution in [0, 0.1) is 0 Å². The number of ether oxygens (including phenoxy) is 4. The van der Waals surface area contributed by atoms with Crippen molar-refractivity contribution in [1.29, 1.82) is 0 Å². The van der Waals surface area contributed by atoms with Gasteiger partial charge in [-0.25, -0.2) is 0 Å². The maximum atomic E-state index is 5.75. The minimum absolute atomic E-state index is 0.00113. The van der Waals surface area contributed by atoms with Crippen LogP contribution in [0.5, 0.6) is 0 Å². The molecule has 0 radical (unpaired) electrons. The van der Waals surface area contributed by atoms with Crippen LogP contribution in [0.1, 0.15) is 13.8 Å². The van der Waals surface area contributed by atoms with E-state index in [0.717, 1.165) is 0 Å². The SMILES string of the molecule is C=CCOC1C(OC)[C@H](C)OC(C)[C@@H]1OC. The van der Waals surface area contributed by atoms with Crippen molar-refractivity contribution in [1.82, 2.24) is 0 Å². The van der Waals surface area contributed by atoms with Gasteiger partial charge in [-0.1, -0.05) is 6.08 Å². The molecule has 1 fully saturated rings. The highest BCUT2D eigenvalue weighted by molar-refractivity contribution is 4.92. The van der Waals surface area contributed by atoms with Crippen LogP contribution in [-0.4, -0.2) is 51.3 Å². The Morgan fingerprint density at radius 1 is 1.06 bits per heavy atom. The summed E-state index contributed by atoms with van der Waals surface area (Å²) in [4.78, 5) is 0. The van der Waals surface area contributed by atoms with Gasteiger partial charge in [0.05, 0.1) is 18.8 Å². The molecule has 0 amide bonds. The molecule has 94 valence electrons. The second kappa shape index (κ2) is 6.35. The lowest BCUT2D eigenvalue weighted by Gasteiger charge is -2.43. The van der Waals surface area contributed by atoms with Crippen molar-refractivity contribution in [3.8, 4) is 0 Å². The number of hydrogen-bond donors (Lipinski definition) is 0. The average molecular weight is 230 g/mol. The van der Waals surface area contributed by atoms with Crippen LogP contribution < -0.4 is 0 Å². The Hall–Kier alpha value is -0.420. The normalized spacial score (nSPS) is 39.6. The molecule has 4 heteroatoms. The number of methoxy groups -OCH3 is 2. The number of hydrogen-bond acceptors (Lipinski definition) is 4. The van der Waals surface area contributed by atoms with Gasteiger partial charge in [0.1, 0.15) is 18.3 Å². The third kappa shape index (κ3) is 2.83. The summed E-state index contributed by atoms with van der Waals surface area (Å²) in [7, 11) is 3.33. The van der Waals surface area contributed by atoms with Gasteiger partial charge >= 0.3 is 0 Å². The zero-order chi connectivity index (χ0) is 12.1. The van der Waals surface area contributed by atoms with Crippen LogP contribution in [0.4, 0.5) is 0 Å². The summed E-state index contributed by atoms with van der Waals surface area (Å²) in [6, 6.07) is 0.